The number of aromatic carboxylic acids is 1. The summed E-state index contributed by atoms with van der Waals surface area (Å²) in [6.45, 7) is 6.34. The molecule has 0 aliphatic rings. The predicted molar refractivity (Wildman–Crippen MR) is 106 cm³/mol. The standard InChI is InChI=1S/C19H25N3O4S/c1-5-6-7-22(4)18-17(19(23)24)11-15(12-20-18)21-27(25,26)16-9-13(2)8-14(3)10-16/h8-12,21H,5-7H2,1-4H3,(H,23,24). The average molecular weight is 391 g/mol. The van der Waals surface area contributed by atoms with Crippen LogP contribution >= 0.6 is 0 Å². The largest absolute Gasteiger partial charge is 0.478 e. The Hall–Kier alpha value is -2.61. The van der Waals surface area contributed by atoms with Crippen LogP contribution in [0.4, 0.5) is 11.5 Å². The van der Waals surface area contributed by atoms with Gasteiger partial charge in [0.05, 0.1) is 16.8 Å². The van der Waals surface area contributed by atoms with Gasteiger partial charge in [0.25, 0.3) is 10.0 Å². The number of unbranched alkanes of at least 4 members (excludes halogenated alkanes) is 1. The van der Waals surface area contributed by atoms with Gasteiger partial charge in [0.1, 0.15) is 11.4 Å². The second kappa shape index (κ2) is 8.39. The molecule has 0 fully saturated rings. The molecule has 0 bridgehead atoms. The van der Waals surface area contributed by atoms with Crippen molar-refractivity contribution in [2.75, 3.05) is 23.2 Å². The fourth-order valence-electron chi connectivity index (χ4n) is 2.78. The molecule has 0 spiro atoms. The smallest absolute Gasteiger partial charge is 0.339 e. The Kier molecular flexibility index (Phi) is 6.43. The van der Waals surface area contributed by atoms with E-state index in [-0.39, 0.29) is 16.1 Å². The second-order valence-corrected chi connectivity index (χ2v) is 8.29. The third-order valence-electron chi connectivity index (χ3n) is 4.06. The number of aromatic nitrogens is 1. The van der Waals surface area contributed by atoms with Crippen LogP contribution in [0.25, 0.3) is 0 Å². The first kappa shape index (κ1) is 20.7. The molecule has 0 saturated carbocycles. The second-order valence-electron chi connectivity index (χ2n) is 6.60. The van der Waals surface area contributed by atoms with Gasteiger partial charge in [-0.05, 0) is 49.6 Å². The van der Waals surface area contributed by atoms with E-state index in [1.165, 1.54) is 12.3 Å². The van der Waals surface area contributed by atoms with Gasteiger partial charge < -0.3 is 10.0 Å². The summed E-state index contributed by atoms with van der Waals surface area (Å²) in [6.07, 6.45) is 3.21. The first-order valence-electron chi connectivity index (χ1n) is 8.69. The predicted octanol–water partition coefficient (Wildman–Crippen LogP) is 3.43. The highest BCUT2D eigenvalue weighted by Gasteiger charge is 2.20. The van der Waals surface area contributed by atoms with E-state index in [1.54, 1.807) is 24.1 Å². The molecule has 2 N–H and O–H groups in total. The maximum atomic E-state index is 12.7. The van der Waals surface area contributed by atoms with Crippen LogP contribution in [0, 0.1) is 13.8 Å². The molecule has 0 amide bonds. The van der Waals surface area contributed by atoms with Crippen LogP contribution in [-0.4, -0.2) is 38.1 Å². The summed E-state index contributed by atoms with van der Waals surface area (Å²) in [5, 5.41) is 9.51. The highest BCUT2D eigenvalue weighted by Crippen LogP contribution is 2.24. The number of pyridine rings is 1. The lowest BCUT2D eigenvalue weighted by molar-refractivity contribution is 0.0697. The normalized spacial score (nSPS) is 11.3. The zero-order valence-electron chi connectivity index (χ0n) is 16.0. The third-order valence-corrected chi connectivity index (χ3v) is 5.42. The van der Waals surface area contributed by atoms with Gasteiger partial charge in [0.2, 0.25) is 0 Å². The number of carboxylic acids is 1. The Morgan fingerprint density at radius 2 is 1.81 bits per heavy atom. The molecule has 0 atom stereocenters. The van der Waals surface area contributed by atoms with Gasteiger partial charge >= 0.3 is 5.97 Å². The fourth-order valence-corrected chi connectivity index (χ4v) is 4.00. The van der Waals surface area contributed by atoms with Crippen LogP contribution in [0.15, 0.2) is 35.4 Å². The van der Waals surface area contributed by atoms with Gasteiger partial charge in [0.15, 0.2) is 0 Å². The molecule has 0 unspecified atom stereocenters. The van der Waals surface area contributed by atoms with Crippen molar-refractivity contribution in [2.45, 2.75) is 38.5 Å². The van der Waals surface area contributed by atoms with Crippen LogP contribution in [0.5, 0.6) is 0 Å². The Bertz CT molecular complexity index is 922. The van der Waals surface area contributed by atoms with Crippen LogP contribution in [0.2, 0.25) is 0 Å². The van der Waals surface area contributed by atoms with Crippen molar-refractivity contribution in [2.24, 2.45) is 0 Å². The minimum atomic E-state index is -3.84. The Labute approximate surface area is 160 Å². The summed E-state index contributed by atoms with van der Waals surface area (Å²) < 4.78 is 27.7. The zero-order chi connectivity index (χ0) is 20.2. The highest BCUT2D eigenvalue weighted by atomic mass is 32.2. The van der Waals surface area contributed by atoms with Crippen LogP contribution in [0.1, 0.15) is 41.3 Å². The molecule has 2 rings (SSSR count). The van der Waals surface area contributed by atoms with E-state index in [2.05, 4.69) is 9.71 Å². The van der Waals surface area contributed by atoms with E-state index in [0.717, 1.165) is 24.0 Å². The lowest BCUT2D eigenvalue weighted by Gasteiger charge is -2.20. The molecule has 7 nitrogen and oxygen atoms in total. The Morgan fingerprint density at radius 1 is 1.19 bits per heavy atom. The lowest BCUT2D eigenvalue weighted by atomic mass is 10.2. The summed E-state index contributed by atoms with van der Waals surface area (Å²) in [6, 6.07) is 6.30. The van der Waals surface area contributed by atoms with Crippen molar-refractivity contribution >= 4 is 27.5 Å². The quantitative estimate of drug-likeness (QED) is 0.715. The number of nitrogens with one attached hydrogen (secondary N) is 1. The number of benzene rings is 1. The van der Waals surface area contributed by atoms with Crippen molar-refractivity contribution in [3.05, 3.63) is 47.2 Å². The molecule has 0 aliphatic heterocycles. The summed E-state index contributed by atoms with van der Waals surface area (Å²) in [5.74, 6) is -0.849. The van der Waals surface area contributed by atoms with Crippen molar-refractivity contribution < 1.29 is 18.3 Å². The number of hydrogen-bond acceptors (Lipinski definition) is 5. The van der Waals surface area contributed by atoms with Crippen LogP contribution in [0.3, 0.4) is 0 Å². The fraction of sp³-hybridized carbons (Fsp3) is 0.368. The van der Waals surface area contributed by atoms with Gasteiger partial charge in [-0.1, -0.05) is 19.4 Å². The van der Waals surface area contributed by atoms with E-state index in [4.69, 9.17) is 0 Å². The summed E-state index contributed by atoms with van der Waals surface area (Å²) >= 11 is 0. The van der Waals surface area contributed by atoms with E-state index < -0.39 is 16.0 Å². The van der Waals surface area contributed by atoms with Crippen molar-refractivity contribution in [1.82, 2.24) is 4.98 Å². The topological polar surface area (TPSA) is 99.6 Å². The number of rotatable bonds is 8. The van der Waals surface area contributed by atoms with E-state index >= 15 is 0 Å². The van der Waals surface area contributed by atoms with Gasteiger partial charge in [0, 0.05) is 13.6 Å². The molecule has 8 heteroatoms. The summed E-state index contributed by atoms with van der Waals surface area (Å²) in [7, 11) is -2.08. The number of aryl methyl sites for hydroxylation is 2. The third kappa shape index (κ3) is 5.19. The van der Waals surface area contributed by atoms with Crippen LogP contribution in [-0.2, 0) is 10.0 Å². The molecule has 0 radical (unpaired) electrons. The lowest BCUT2D eigenvalue weighted by Crippen LogP contribution is -2.23. The van der Waals surface area contributed by atoms with Gasteiger partial charge in [-0.2, -0.15) is 0 Å². The first-order chi connectivity index (χ1) is 12.6. The highest BCUT2D eigenvalue weighted by molar-refractivity contribution is 7.92. The Morgan fingerprint density at radius 3 is 2.37 bits per heavy atom. The van der Waals surface area contributed by atoms with E-state index in [9.17, 15) is 18.3 Å². The van der Waals surface area contributed by atoms with Gasteiger partial charge in [-0.3, -0.25) is 4.72 Å². The minimum Gasteiger partial charge on any atom is -0.478 e. The molecule has 1 aromatic heterocycles. The summed E-state index contributed by atoms with van der Waals surface area (Å²) in [5.41, 5.74) is 1.72. The maximum absolute atomic E-state index is 12.7. The number of sulfonamides is 1. The minimum absolute atomic E-state index is 0.0470. The molecule has 27 heavy (non-hydrogen) atoms. The monoisotopic (exact) mass is 391 g/mol. The summed E-state index contributed by atoms with van der Waals surface area (Å²) in [4.78, 5) is 17.7. The van der Waals surface area contributed by atoms with Gasteiger partial charge in [-0.15, -0.1) is 0 Å². The SMILES string of the molecule is CCCCN(C)c1ncc(NS(=O)(=O)c2cc(C)cc(C)c2)cc1C(=O)O. The average Bonchev–Trinajstić information content (AvgIpc) is 2.58. The Balaban J connectivity index is 2.36. The molecule has 2 aromatic rings. The maximum Gasteiger partial charge on any atom is 0.339 e. The molecule has 1 aromatic carbocycles. The number of carbonyl (C=O) groups is 1. The van der Waals surface area contributed by atoms with Crippen molar-refractivity contribution in [3.8, 4) is 0 Å². The van der Waals surface area contributed by atoms with Crippen molar-refractivity contribution in [3.63, 3.8) is 0 Å². The number of hydrogen-bond donors (Lipinski definition) is 2. The molecule has 0 aliphatic carbocycles. The van der Waals surface area contributed by atoms with Gasteiger partial charge in [-0.25, -0.2) is 18.2 Å². The van der Waals surface area contributed by atoms with Crippen molar-refractivity contribution in [1.29, 1.82) is 0 Å². The molecule has 0 saturated heterocycles. The molecule has 146 valence electrons. The molecule has 1 heterocycles. The molecular weight excluding hydrogens is 366 g/mol. The van der Waals surface area contributed by atoms with E-state index in [1.807, 2.05) is 26.8 Å². The number of nitrogens with zero attached hydrogens (tertiary/aromatic N) is 2. The zero-order valence-corrected chi connectivity index (χ0v) is 16.8. The molecular formula is C19H25N3O4S. The number of carboxylic acid groups (broad SMARTS) is 1. The number of anilines is 2. The van der Waals surface area contributed by atoms with E-state index in [0.29, 0.717) is 12.4 Å². The van der Waals surface area contributed by atoms with Crippen LogP contribution < -0.4 is 9.62 Å². The first-order valence-corrected chi connectivity index (χ1v) is 10.2.